The van der Waals surface area contributed by atoms with Crippen LogP contribution in [0.3, 0.4) is 0 Å². The standard InChI is InChI=1S/C26H25N3OS/c30-26(28-19-17-27(18-20-28)16-8-11-21-9-2-1-3-10-21)29-22-12-4-6-14-24(22)31-25-15-7-5-13-23(25)29/h1-15H,16-20H2/b11-8+. The van der Waals surface area contributed by atoms with Gasteiger partial charge in [-0.3, -0.25) is 9.80 Å². The summed E-state index contributed by atoms with van der Waals surface area (Å²) in [5.41, 5.74) is 3.17. The van der Waals surface area contributed by atoms with E-state index in [9.17, 15) is 4.79 Å². The predicted octanol–water partition coefficient (Wildman–Crippen LogP) is 5.74. The van der Waals surface area contributed by atoms with Crippen LogP contribution in [0, 0.1) is 0 Å². The Morgan fingerprint density at radius 3 is 2.00 bits per heavy atom. The van der Waals surface area contributed by atoms with Gasteiger partial charge in [0.05, 0.1) is 11.4 Å². The fourth-order valence-corrected chi connectivity index (χ4v) is 5.13. The molecule has 0 N–H and O–H groups in total. The maximum atomic E-state index is 13.6. The number of fused-ring (bicyclic) bond motifs is 2. The predicted molar refractivity (Wildman–Crippen MR) is 128 cm³/mol. The third kappa shape index (κ3) is 4.24. The molecule has 0 bridgehead atoms. The lowest BCUT2D eigenvalue weighted by atomic mass is 10.2. The van der Waals surface area contributed by atoms with Crippen LogP contribution in [0.25, 0.3) is 6.08 Å². The Morgan fingerprint density at radius 2 is 1.35 bits per heavy atom. The van der Waals surface area contributed by atoms with Crippen LogP contribution < -0.4 is 4.90 Å². The molecule has 0 unspecified atom stereocenters. The maximum Gasteiger partial charge on any atom is 0.329 e. The molecule has 2 aliphatic heterocycles. The zero-order chi connectivity index (χ0) is 21.0. The van der Waals surface area contributed by atoms with Gasteiger partial charge < -0.3 is 4.90 Å². The molecule has 0 atom stereocenters. The summed E-state index contributed by atoms with van der Waals surface area (Å²) in [6.07, 6.45) is 4.37. The second-order valence-corrected chi connectivity index (χ2v) is 8.84. The van der Waals surface area contributed by atoms with E-state index >= 15 is 0 Å². The molecule has 4 nitrogen and oxygen atoms in total. The SMILES string of the molecule is O=C(N1CCN(C/C=C/c2ccccc2)CC1)N1c2ccccc2Sc2ccccc21. The molecule has 5 rings (SSSR count). The lowest BCUT2D eigenvalue weighted by Crippen LogP contribution is -2.52. The number of rotatable bonds is 3. The second-order valence-electron chi connectivity index (χ2n) is 7.76. The van der Waals surface area contributed by atoms with Gasteiger partial charge >= 0.3 is 6.03 Å². The Kier molecular flexibility index (Phi) is 5.78. The van der Waals surface area contributed by atoms with E-state index < -0.39 is 0 Å². The summed E-state index contributed by atoms with van der Waals surface area (Å²) >= 11 is 1.73. The number of para-hydroxylation sites is 2. The molecule has 31 heavy (non-hydrogen) atoms. The van der Waals surface area contributed by atoms with Gasteiger partial charge in [-0.25, -0.2) is 4.79 Å². The van der Waals surface area contributed by atoms with Crippen LogP contribution in [0.5, 0.6) is 0 Å². The van der Waals surface area contributed by atoms with E-state index in [-0.39, 0.29) is 6.03 Å². The van der Waals surface area contributed by atoms with Gasteiger partial charge in [0.15, 0.2) is 0 Å². The van der Waals surface area contributed by atoms with Crippen molar-refractivity contribution in [1.29, 1.82) is 0 Å². The van der Waals surface area contributed by atoms with Gasteiger partial charge in [-0.05, 0) is 29.8 Å². The fraction of sp³-hybridized carbons (Fsp3) is 0.192. The van der Waals surface area contributed by atoms with E-state index in [1.165, 1.54) is 5.56 Å². The van der Waals surface area contributed by atoms with E-state index in [1.54, 1.807) is 11.8 Å². The third-order valence-corrected chi connectivity index (χ3v) is 6.87. The highest BCUT2D eigenvalue weighted by molar-refractivity contribution is 7.99. The molecule has 2 heterocycles. The third-order valence-electron chi connectivity index (χ3n) is 5.74. The average Bonchev–Trinajstić information content (AvgIpc) is 2.83. The molecule has 3 aromatic carbocycles. The molecular formula is C26H25N3OS. The minimum Gasteiger partial charge on any atom is -0.321 e. The summed E-state index contributed by atoms with van der Waals surface area (Å²) in [5, 5.41) is 0. The molecule has 0 spiro atoms. The van der Waals surface area contributed by atoms with E-state index in [4.69, 9.17) is 0 Å². The van der Waals surface area contributed by atoms with Crippen molar-refractivity contribution in [3.8, 4) is 0 Å². The number of carbonyl (C=O) groups excluding carboxylic acids is 1. The van der Waals surface area contributed by atoms with E-state index in [2.05, 4.69) is 53.5 Å². The first kappa shape index (κ1) is 19.9. The Labute approximate surface area is 187 Å². The number of hydrogen-bond acceptors (Lipinski definition) is 3. The first-order valence-electron chi connectivity index (χ1n) is 10.7. The van der Waals surface area contributed by atoms with Crippen molar-refractivity contribution in [2.45, 2.75) is 9.79 Å². The minimum absolute atomic E-state index is 0.0691. The van der Waals surface area contributed by atoms with E-state index in [0.717, 1.165) is 53.9 Å². The molecule has 2 amide bonds. The van der Waals surface area contributed by atoms with Crippen molar-refractivity contribution >= 4 is 35.2 Å². The first-order chi connectivity index (χ1) is 15.3. The van der Waals surface area contributed by atoms with E-state index in [1.807, 2.05) is 52.3 Å². The van der Waals surface area contributed by atoms with Crippen molar-refractivity contribution in [3.63, 3.8) is 0 Å². The summed E-state index contributed by atoms with van der Waals surface area (Å²) in [5.74, 6) is 0. The Hall–Kier alpha value is -3.02. The van der Waals surface area contributed by atoms with Crippen LogP contribution in [0.2, 0.25) is 0 Å². The summed E-state index contributed by atoms with van der Waals surface area (Å²) in [4.78, 5) is 22.1. The highest BCUT2D eigenvalue weighted by Crippen LogP contribution is 2.48. The van der Waals surface area contributed by atoms with E-state index in [0.29, 0.717) is 0 Å². The van der Waals surface area contributed by atoms with Crippen LogP contribution in [0.15, 0.2) is 94.7 Å². The summed E-state index contributed by atoms with van der Waals surface area (Å²) in [6, 6.07) is 26.8. The van der Waals surface area contributed by atoms with Gasteiger partial charge in [0.1, 0.15) is 0 Å². The number of hydrogen-bond donors (Lipinski definition) is 0. The van der Waals surface area contributed by atoms with Crippen molar-refractivity contribution in [2.24, 2.45) is 0 Å². The van der Waals surface area contributed by atoms with Crippen molar-refractivity contribution in [2.75, 3.05) is 37.6 Å². The van der Waals surface area contributed by atoms with Crippen molar-refractivity contribution in [1.82, 2.24) is 9.80 Å². The zero-order valence-corrected chi connectivity index (χ0v) is 18.2. The molecule has 0 radical (unpaired) electrons. The average molecular weight is 428 g/mol. The van der Waals surface area contributed by atoms with Gasteiger partial charge in [0.2, 0.25) is 0 Å². The number of nitrogens with zero attached hydrogens (tertiary/aromatic N) is 3. The van der Waals surface area contributed by atoms with Crippen LogP contribution >= 0.6 is 11.8 Å². The minimum atomic E-state index is 0.0691. The normalized spacial score (nSPS) is 16.3. The molecule has 156 valence electrons. The lowest BCUT2D eigenvalue weighted by Gasteiger charge is -2.39. The topological polar surface area (TPSA) is 26.8 Å². The summed E-state index contributed by atoms with van der Waals surface area (Å²) in [7, 11) is 0. The number of urea groups is 1. The highest BCUT2D eigenvalue weighted by atomic mass is 32.2. The smallest absolute Gasteiger partial charge is 0.321 e. The Morgan fingerprint density at radius 1 is 0.774 bits per heavy atom. The zero-order valence-electron chi connectivity index (χ0n) is 17.4. The Bertz CT molecular complexity index is 1050. The molecule has 2 aliphatic rings. The van der Waals surface area contributed by atoms with Crippen LogP contribution in [-0.4, -0.2) is 48.6 Å². The highest BCUT2D eigenvalue weighted by Gasteiger charge is 2.32. The molecular weight excluding hydrogens is 402 g/mol. The number of carbonyl (C=O) groups is 1. The van der Waals surface area contributed by atoms with Gasteiger partial charge in [0.25, 0.3) is 0 Å². The molecule has 5 heteroatoms. The molecule has 0 aromatic heterocycles. The number of amides is 2. The van der Waals surface area contributed by atoms with Crippen molar-refractivity contribution < 1.29 is 4.79 Å². The quantitative estimate of drug-likeness (QED) is 0.533. The van der Waals surface area contributed by atoms with Gasteiger partial charge in [-0.15, -0.1) is 0 Å². The molecule has 0 aliphatic carbocycles. The van der Waals surface area contributed by atoms with Crippen LogP contribution in [0.1, 0.15) is 5.56 Å². The maximum absolute atomic E-state index is 13.6. The largest absolute Gasteiger partial charge is 0.329 e. The first-order valence-corrected chi connectivity index (χ1v) is 11.5. The van der Waals surface area contributed by atoms with Crippen molar-refractivity contribution in [3.05, 3.63) is 90.5 Å². The molecule has 1 fully saturated rings. The van der Waals surface area contributed by atoms with Crippen LogP contribution in [0.4, 0.5) is 16.2 Å². The van der Waals surface area contributed by atoms with Gasteiger partial charge in [-0.1, -0.05) is 78.5 Å². The Balaban J connectivity index is 1.26. The fourth-order valence-electron chi connectivity index (χ4n) is 4.08. The number of anilines is 2. The van der Waals surface area contributed by atoms with Gasteiger partial charge in [-0.2, -0.15) is 0 Å². The molecule has 1 saturated heterocycles. The second kappa shape index (κ2) is 9.00. The summed E-state index contributed by atoms with van der Waals surface area (Å²) < 4.78 is 0. The van der Waals surface area contributed by atoms with Crippen LogP contribution in [-0.2, 0) is 0 Å². The molecule has 3 aromatic rings. The summed E-state index contributed by atoms with van der Waals surface area (Å²) in [6.45, 7) is 4.16. The molecule has 0 saturated carbocycles. The monoisotopic (exact) mass is 427 g/mol. The lowest BCUT2D eigenvalue weighted by molar-refractivity contribution is 0.153. The van der Waals surface area contributed by atoms with Gasteiger partial charge in [0, 0.05) is 42.5 Å². The number of piperazine rings is 1. The number of benzene rings is 3.